The number of nitrogens with one attached hydrogen (secondary N) is 2. The van der Waals surface area contributed by atoms with Crippen LogP contribution in [-0.4, -0.2) is 507 Å². The lowest BCUT2D eigenvalue weighted by molar-refractivity contribution is -0.148. The number of aliphatic hydroxyl groups excluding tert-OH is 16. The average Bonchev–Trinajstić information content (AvgIpc) is 0.834. The molecule has 1 saturated heterocycles. The number of hydrogen-bond acceptors (Lipinski definition) is 36. The maximum atomic E-state index is 14.1. The van der Waals surface area contributed by atoms with E-state index in [1.165, 1.54) is 29.4 Å². The fourth-order valence-corrected chi connectivity index (χ4v) is 13.0. The standard InChI is InChI=1S/C84H160N8O36/c1-77(37-93,38-94)53-121-29-63(30-122-54-78(2,39-95)40-96)25-85-71(111)11-9-67(73(113)114)89-17-18-90(68(74(115)116)10-12-72(112)86-26-64(31-123-55-79(3,41-97)42-98)32-124-56-80(4,43-99)44-100)20-22-92(70(76(119)120)14-16-88(62-110)28-66(35-127-59-83(7,49-105)50-106)36-128-60-84(8,51-107)52-108)24-23-91(21-19-89)69(75(117)118)13-15-87(61-109)27-65(33-125-57-81(5,45-101)46-102)34-126-58-82(6,47-103)48-104/h61-70,93-108H,9-60H2,1-8H3,(H,85,111)(H,86,112)(H,113,114)(H,115,116)(H,117,118)(H,119,120). The van der Waals surface area contributed by atoms with Crippen LogP contribution >= 0.6 is 0 Å². The molecular weight excluding hydrogens is 1700 g/mol. The topological polar surface area (TPSA) is 659 Å². The summed E-state index contributed by atoms with van der Waals surface area (Å²) in [6.07, 6.45) is -1.71. The largest absolute Gasteiger partial charge is 0.480 e. The Balaban J connectivity index is 4.47. The third-order valence-electron chi connectivity index (χ3n) is 23.3. The van der Waals surface area contributed by atoms with E-state index in [-0.39, 0.29) is 210 Å². The highest BCUT2D eigenvalue weighted by atomic mass is 16.5. The van der Waals surface area contributed by atoms with Crippen LogP contribution in [0.3, 0.4) is 0 Å². The maximum absolute atomic E-state index is 14.1. The number of carboxylic acid groups (broad SMARTS) is 4. The van der Waals surface area contributed by atoms with Gasteiger partial charge in [-0.1, -0.05) is 55.4 Å². The van der Waals surface area contributed by atoms with Crippen molar-refractivity contribution in [2.75, 3.05) is 303 Å². The van der Waals surface area contributed by atoms with Gasteiger partial charge in [0.2, 0.25) is 24.6 Å². The fraction of sp³-hybridized carbons (Fsp3) is 0.905. The van der Waals surface area contributed by atoms with Gasteiger partial charge in [-0.05, 0) is 25.7 Å². The summed E-state index contributed by atoms with van der Waals surface area (Å²) in [7, 11) is 0. The van der Waals surface area contributed by atoms with Gasteiger partial charge in [-0.25, -0.2) is 0 Å². The first-order valence-electron chi connectivity index (χ1n) is 43.7. The Kier molecular flexibility index (Phi) is 60.1. The molecule has 1 aliphatic heterocycles. The molecular formula is C84H160N8O36. The van der Waals surface area contributed by atoms with Crippen molar-refractivity contribution in [1.29, 1.82) is 0 Å². The quantitative estimate of drug-likeness (QED) is 0.0252. The first kappa shape index (κ1) is 121. The van der Waals surface area contributed by atoms with Crippen LogP contribution in [0.15, 0.2) is 0 Å². The van der Waals surface area contributed by atoms with Gasteiger partial charge in [-0.3, -0.25) is 58.0 Å². The number of aliphatic carboxylic acids is 4. The van der Waals surface area contributed by atoms with E-state index in [1.807, 2.05) is 0 Å². The first-order valence-corrected chi connectivity index (χ1v) is 43.7. The average molecular weight is 1860 g/mol. The van der Waals surface area contributed by atoms with Gasteiger partial charge >= 0.3 is 23.9 Å². The Hall–Kier alpha value is -5.36. The number of aliphatic hydroxyl groups is 16. The predicted octanol–water partition coefficient (Wildman–Crippen LogP) is -6.96. The first-order chi connectivity index (χ1) is 60.5. The molecule has 1 rings (SSSR count). The number of hydrogen-bond donors (Lipinski definition) is 22. The van der Waals surface area contributed by atoms with Crippen molar-refractivity contribution in [2.45, 2.75) is 118 Å². The van der Waals surface area contributed by atoms with Crippen LogP contribution in [-0.2, 0) is 76.3 Å². The monoisotopic (exact) mass is 1860 g/mol. The van der Waals surface area contributed by atoms with Gasteiger partial charge in [-0.2, -0.15) is 0 Å². The molecule has 0 aliphatic carbocycles. The van der Waals surface area contributed by atoms with Crippen LogP contribution in [0.4, 0.5) is 0 Å². The van der Waals surface area contributed by atoms with Crippen LogP contribution in [0.5, 0.6) is 0 Å². The summed E-state index contributed by atoms with van der Waals surface area (Å²) < 4.78 is 47.3. The normalized spacial score (nSPS) is 15.7. The van der Waals surface area contributed by atoms with Crippen molar-refractivity contribution in [1.82, 2.24) is 40.0 Å². The van der Waals surface area contributed by atoms with E-state index in [1.54, 1.807) is 55.4 Å². The molecule has 1 fully saturated rings. The van der Waals surface area contributed by atoms with E-state index in [4.69, 9.17) is 37.9 Å². The molecule has 1 aliphatic rings. The third kappa shape index (κ3) is 46.5. The highest BCUT2D eigenvalue weighted by Crippen LogP contribution is 2.26. The molecule has 4 unspecified atom stereocenters. The Morgan fingerprint density at radius 3 is 0.609 bits per heavy atom. The second kappa shape index (κ2) is 63.8. The lowest BCUT2D eigenvalue weighted by Crippen LogP contribution is -2.57. The van der Waals surface area contributed by atoms with E-state index in [0.717, 1.165) is 0 Å². The molecule has 0 spiro atoms. The van der Waals surface area contributed by atoms with Crippen LogP contribution in [0.2, 0.25) is 0 Å². The fourth-order valence-electron chi connectivity index (χ4n) is 13.0. The van der Waals surface area contributed by atoms with Gasteiger partial charge in [0.15, 0.2) is 0 Å². The summed E-state index contributed by atoms with van der Waals surface area (Å²) in [4.78, 5) is 119. The molecule has 0 aromatic carbocycles. The Bertz CT molecular complexity index is 2730. The van der Waals surface area contributed by atoms with Crippen LogP contribution in [0, 0.1) is 67.0 Å². The second-order valence-electron chi connectivity index (χ2n) is 37.6. The van der Waals surface area contributed by atoms with Crippen molar-refractivity contribution in [3.05, 3.63) is 0 Å². The highest BCUT2D eigenvalue weighted by molar-refractivity contribution is 5.79. The number of amides is 4. The number of carbonyl (C=O) groups excluding carboxylic acids is 4. The zero-order valence-electron chi connectivity index (χ0n) is 76.7. The van der Waals surface area contributed by atoms with E-state index >= 15 is 0 Å². The smallest absolute Gasteiger partial charge is 0.320 e. The zero-order valence-corrected chi connectivity index (χ0v) is 76.7. The maximum Gasteiger partial charge on any atom is 0.320 e. The van der Waals surface area contributed by atoms with Gasteiger partial charge < -0.3 is 160 Å². The summed E-state index contributed by atoms with van der Waals surface area (Å²) in [5, 5.41) is 211. The number of nitrogens with zero attached hydrogens (tertiary/aromatic N) is 6. The molecule has 4 amide bonds. The number of carbonyl (C=O) groups is 8. The molecule has 0 saturated carbocycles. The minimum absolute atomic E-state index is 0.109. The summed E-state index contributed by atoms with van der Waals surface area (Å²) in [5.74, 6) is -9.97. The molecule has 0 aromatic rings. The number of carboxylic acids is 4. The van der Waals surface area contributed by atoms with Crippen molar-refractivity contribution in [2.24, 2.45) is 67.0 Å². The second-order valence-corrected chi connectivity index (χ2v) is 37.6. The SMILES string of the molecule is CC(CO)(CO)COCC(CNC(=O)CCC(C(=O)O)N1CCN(C(CCC(=O)NCC(COCC(C)(CO)CO)COCC(C)(CO)CO)C(=O)O)CCN(C(CCN(C=O)CC(COCC(C)(CO)CO)COCC(C)(CO)CO)C(=O)O)CCN(C(CCN(C=O)CC(COCC(C)(CO)CO)COCC(C)(CO)CO)C(=O)O)CC1)COCC(C)(CO)CO. The molecule has 128 heavy (non-hydrogen) atoms. The zero-order chi connectivity index (χ0) is 96.8. The number of ether oxygens (including phenoxy) is 8. The molecule has 0 bridgehead atoms. The minimum Gasteiger partial charge on any atom is -0.480 e. The highest BCUT2D eigenvalue weighted by Gasteiger charge is 2.39. The van der Waals surface area contributed by atoms with E-state index in [2.05, 4.69) is 10.6 Å². The summed E-state index contributed by atoms with van der Waals surface area (Å²) in [5.41, 5.74) is -8.62. The number of rotatable bonds is 78. The molecule has 44 heteroatoms. The van der Waals surface area contributed by atoms with Crippen LogP contribution < -0.4 is 10.6 Å². The van der Waals surface area contributed by atoms with Gasteiger partial charge in [0.25, 0.3) is 0 Å². The molecule has 4 atom stereocenters. The van der Waals surface area contributed by atoms with Crippen molar-refractivity contribution < 1.29 is 178 Å². The van der Waals surface area contributed by atoms with Gasteiger partial charge in [0, 0.05) is 171 Å². The van der Waals surface area contributed by atoms with Gasteiger partial charge in [-0.15, -0.1) is 0 Å². The molecule has 1 heterocycles. The summed E-state index contributed by atoms with van der Waals surface area (Å²) in [6.45, 7) is -1.17. The molecule has 44 nitrogen and oxygen atoms in total. The Morgan fingerprint density at radius 1 is 0.289 bits per heavy atom. The molecule has 0 radical (unpaired) electrons. The lowest BCUT2D eigenvalue weighted by atomic mass is 9.94. The minimum atomic E-state index is -1.62. The van der Waals surface area contributed by atoms with Gasteiger partial charge in [0.1, 0.15) is 24.2 Å². The van der Waals surface area contributed by atoms with Crippen molar-refractivity contribution >= 4 is 48.5 Å². The third-order valence-corrected chi connectivity index (χ3v) is 23.3. The summed E-state index contributed by atoms with van der Waals surface area (Å²) in [6, 6.07) is -6.44. The van der Waals surface area contributed by atoms with Crippen molar-refractivity contribution in [3.8, 4) is 0 Å². The van der Waals surface area contributed by atoms with Crippen LogP contribution in [0.1, 0.15) is 93.9 Å². The van der Waals surface area contributed by atoms with Gasteiger partial charge in [0.05, 0.1) is 211 Å². The summed E-state index contributed by atoms with van der Waals surface area (Å²) >= 11 is 0. The molecule has 0 aromatic heterocycles. The van der Waals surface area contributed by atoms with E-state index in [0.29, 0.717) is 12.8 Å². The van der Waals surface area contributed by atoms with E-state index in [9.17, 15) is 140 Å². The van der Waals surface area contributed by atoms with Crippen LogP contribution in [0.25, 0.3) is 0 Å². The lowest BCUT2D eigenvalue weighted by Gasteiger charge is -2.40. The molecule has 752 valence electrons. The predicted molar refractivity (Wildman–Crippen MR) is 460 cm³/mol. The van der Waals surface area contributed by atoms with E-state index < -0.39 is 258 Å². The molecule has 22 N–H and O–H groups in total. The Labute approximate surface area is 752 Å². The van der Waals surface area contributed by atoms with Crippen molar-refractivity contribution in [3.63, 3.8) is 0 Å². The Morgan fingerprint density at radius 2 is 0.453 bits per heavy atom.